The number of phenols is 1. The predicted octanol–water partition coefficient (Wildman–Crippen LogP) is 7.35. The van der Waals surface area contributed by atoms with Crippen LogP contribution in [0.15, 0.2) is 59.6 Å². The number of nitrogens with zero attached hydrogens (tertiary/aromatic N) is 1. The van der Waals surface area contributed by atoms with Crippen molar-refractivity contribution in [3.8, 4) is 17.4 Å². The number of hydrogen-bond acceptors (Lipinski definition) is 5. The van der Waals surface area contributed by atoms with E-state index in [0.29, 0.717) is 17.9 Å². The monoisotopic (exact) mass is 479 g/mol. The molecule has 4 nitrogen and oxygen atoms in total. The van der Waals surface area contributed by atoms with Crippen molar-refractivity contribution in [2.24, 2.45) is 0 Å². The first-order valence-corrected chi connectivity index (χ1v) is 12.8. The van der Waals surface area contributed by atoms with Gasteiger partial charge in [-0.2, -0.15) is 0 Å². The van der Waals surface area contributed by atoms with Gasteiger partial charge in [0.05, 0.1) is 12.7 Å². The van der Waals surface area contributed by atoms with E-state index in [1.165, 1.54) is 0 Å². The molecule has 0 fully saturated rings. The lowest BCUT2D eigenvalue weighted by Crippen LogP contribution is -2.14. The lowest BCUT2D eigenvalue weighted by Gasteiger charge is -2.25. The Balaban J connectivity index is 1.82. The Morgan fingerprint density at radius 1 is 1.06 bits per heavy atom. The van der Waals surface area contributed by atoms with Gasteiger partial charge in [-0.25, -0.2) is 9.37 Å². The van der Waals surface area contributed by atoms with Gasteiger partial charge in [-0.3, -0.25) is 0 Å². The first kappa shape index (κ1) is 24.1. The van der Waals surface area contributed by atoms with Crippen LogP contribution in [0.3, 0.4) is 0 Å². The van der Waals surface area contributed by atoms with Crippen molar-refractivity contribution in [2.75, 3.05) is 12.4 Å². The van der Waals surface area contributed by atoms with Crippen LogP contribution in [0.2, 0.25) is 0 Å². The molecule has 1 aliphatic heterocycles. The summed E-state index contributed by atoms with van der Waals surface area (Å²) in [6.07, 6.45) is 4.84. The fraction of sp³-hybridized carbons (Fsp3) is 0.321. The highest BCUT2D eigenvalue weighted by Crippen LogP contribution is 2.46. The van der Waals surface area contributed by atoms with E-state index in [4.69, 9.17) is 9.47 Å². The van der Waals surface area contributed by atoms with Gasteiger partial charge in [-0.05, 0) is 78.4 Å². The number of benzene rings is 2. The molecule has 4 rings (SSSR count). The van der Waals surface area contributed by atoms with E-state index in [1.54, 1.807) is 36.2 Å². The number of aromatic hydroxyl groups is 1. The van der Waals surface area contributed by atoms with E-state index in [1.807, 2.05) is 37.3 Å². The van der Waals surface area contributed by atoms with Gasteiger partial charge < -0.3 is 14.6 Å². The topological polar surface area (TPSA) is 51.6 Å². The highest BCUT2D eigenvalue weighted by molar-refractivity contribution is 7.99. The number of ether oxygens (including phenoxy) is 2. The summed E-state index contributed by atoms with van der Waals surface area (Å²) in [6, 6.07) is 15.0. The lowest BCUT2D eigenvalue weighted by molar-refractivity contribution is 0.186. The summed E-state index contributed by atoms with van der Waals surface area (Å²) in [5.74, 6) is 1.16. The average molecular weight is 480 g/mol. The second-order valence-electron chi connectivity index (χ2n) is 8.19. The molecular weight excluding hydrogens is 449 g/mol. The number of pyridine rings is 1. The molecule has 0 spiro atoms. The Labute approximate surface area is 204 Å². The van der Waals surface area contributed by atoms with Gasteiger partial charge in [0.2, 0.25) is 0 Å². The number of halogens is 1. The van der Waals surface area contributed by atoms with Crippen LogP contribution in [0.1, 0.15) is 56.7 Å². The molecule has 1 unspecified atom stereocenters. The van der Waals surface area contributed by atoms with Crippen LogP contribution in [-0.2, 0) is 0 Å². The third-order valence-electron chi connectivity index (χ3n) is 5.88. The Morgan fingerprint density at radius 3 is 2.56 bits per heavy atom. The standard InChI is InChI=1S/C28H30FNO3S/c1-4-7-20(5-2)33-21-11-8-18(9-12-21)26-23-13-10-19(31)16-25(23)34-17-24(26)22-14-15-30-28(27(22)29)32-6-3/h8-16,20,31H,4-7,17H2,1-3H3. The van der Waals surface area contributed by atoms with Crippen molar-refractivity contribution in [3.63, 3.8) is 0 Å². The molecule has 0 aliphatic carbocycles. The molecule has 0 bridgehead atoms. The summed E-state index contributed by atoms with van der Waals surface area (Å²) >= 11 is 1.58. The van der Waals surface area contributed by atoms with Gasteiger partial charge in [0.15, 0.2) is 5.82 Å². The predicted molar refractivity (Wildman–Crippen MR) is 136 cm³/mol. The molecule has 1 aliphatic rings. The molecule has 0 amide bonds. The Kier molecular flexibility index (Phi) is 7.78. The Bertz CT molecular complexity index is 1180. The lowest BCUT2D eigenvalue weighted by atomic mass is 9.89. The molecular formula is C28H30FNO3S. The van der Waals surface area contributed by atoms with Crippen LogP contribution in [0, 0.1) is 5.82 Å². The number of fused-ring (bicyclic) bond motifs is 1. The highest BCUT2D eigenvalue weighted by atomic mass is 32.2. The van der Waals surface area contributed by atoms with Crippen molar-refractivity contribution >= 4 is 22.9 Å². The van der Waals surface area contributed by atoms with Gasteiger partial charge in [-0.1, -0.05) is 32.4 Å². The number of hydrogen-bond donors (Lipinski definition) is 1. The first-order valence-electron chi connectivity index (χ1n) is 11.8. The summed E-state index contributed by atoms with van der Waals surface area (Å²) in [5, 5.41) is 10.0. The molecule has 0 radical (unpaired) electrons. The van der Waals surface area contributed by atoms with E-state index in [2.05, 4.69) is 18.8 Å². The average Bonchev–Trinajstić information content (AvgIpc) is 2.85. The fourth-order valence-electron chi connectivity index (χ4n) is 4.22. The van der Waals surface area contributed by atoms with Crippen molar-refractivity contribution in [2.45, 2.75) is 51.0 Å². The molecule has 1 aromatic heterocycles. The molecule has 1 atom stereocenters. The molecule has 2 aromatic carbocycles. The van der Waals surface area contributed by atoms with Gasteiger partial charge in [0, 0.05) is 22.4 Å². The van der Waals surface area contributed by atoms with Crippen molar-refractivity contribution in [3.05, 3.63) is 77.2 Å². The molecule has 178 valence electrons. The quantitative estimate of drug-likeness (QED) is 0.348. The van der Waals surface area contributed by atoms with Crippen LogP contribution in [-0.4, -0.2) is 28.6 Å². The maximum Gasteiger partial charge on any atom is 0.250 e. The summed E-state index contributed by atoms with van der Waals surface area (Å²) < 4.78 is 27.0. The van der Waals surface area contributed by atoms with Crippen molar-refractivity contribution < 1.29 is 19.0 Å². The Morgan fingerprint density at radius 2 is 1.85 bits per heavy atom. The smallest absolute Gasteiger partial charge is 0.250 e. The van der Waals surface area contributed by atoms with Gasteiger partial charge in [0.25, 0.3) is 5.88 Å². The van der Waals surface area contributed by atoms with Crippen LogP contribution < -0.4 is 9.47 Å². The second-order valence-corrected chi connectivity index (χ2v) is 9.21. The number of aromatic nitrogens is 1. The molecule has 2 heterocycles. The maximum absolute atomic E-state index is 15.4. The number of phenolic OH excluding ortho intramolecular Hbond substituents is 1. The largest absolute Gasteiger partial charge is 0.508 e. The molecule has 0 saturated carbocycles. The third-order valence-corrected chi connectivity index (χ3v) is 6.97. The van der Waals surface area contributed by atoms with E-state index in [9.17, 15) is 5.11 Å². The van der Waals surface area contributed by atoms with E-state index < -0.39 is 5.82 Å². The molecule has 0 saturated heterocycles. The molecule has 34 heavy (non-hydrogen) atoms. The van der Waals surface area contributed by atoms with Crippen LogP contribution in [0.25, 0.3) is 11.1 Å². The molecule has 1 N–H and O–H groups in total. The minimum absolute atomic E-state index is 0.0126. The van der Waals surface area contributed by atoms with Crippen LogP contribution in [0.4, 0.5) is 4.39 Å². The maximum atomic E-state index is 15.4. The van der Waals surface area contributed by atoms with E-state index >= 15 is 4.39 Å². The van der Waals surface area contributed by atoms with Gasteiger partial charge >= 0.3 is 0 Å². The zero-order valence-corrected chi connectivity index (χ0v) is 20.6. The van der Waals surface area contributed by atoms with Crippen LogP contribution >= 0.6 is 11.8 Å². The SMILES string of the molecule is CCCC(CC)Oc1ccc(C2=C(c3ccnc(OCC)c3F)CSc3cc(O)ccc32)cc1. The zero-order valence-electron chi connectivity index (χ0n) is 19.8. The van der Waals surface area contributed by atoms with Gasteiger partial charge in [0.1, 0.15) is 11.5 Å². The number of rotatable bonds is 9. The first-order chi connectivity index (χ1) is 16.5. The van der Waals surface area contributed by atoms with E-state index in [-0.39, 0.29) is 17.7 Å². The van der Waals surface area contributed by atoms with Crippen molar-refractivity contribution in [1.82, 2.24) is 4.98 Å². The summed E-state index contributed by atoms with van der Waals surface area (Å²) in [4.78, 5) is 5.03. The highest BCUT2D eigenvalue weighted by Gasteiger charge is 2.25. The third kappa shape index (κ3) is 5.07. The minimum atomic E-state index is -0.454. The summed E-state index contributed by atoms with van der Waals surface area (Å²) in [6.45, 7) is 6.45. The zero-order chi connectivity index (χ0) is 24.1. The fourth-order valence-corrected chi connectivity index (χ4v) is 5.35. The van der Waals surface area contributed by atoms with E-state index in [0.717, 1.165) is 52.2 Å². The minimum Gasteiger partial charge on any atom is -0.508 e. The summed E-state index contributed by atoms with van der Waals surface area (Å²) in [7, 11) is 0. The van der Waals surface area contributed by atoms with Crippen LogP contribution in [0.5, 0.6) is 17.4 Å². The molecule has 6 heteroatoms. The number of thioether (sulfide) groups is 1. The summed E-state index contributed by atoms with van der Waals surface area (Å²) in [5.41, 5.74) is 4.22. The molecule has 3 aromatic rings. The Hall–Kier alpha value is -2.99. The second kappa shape index (κ2) is 11.0. The van der Waals surface area contributed by atoms with Crippen molar-refractivity contribution in [1.29, 1.82) is 0 Å². The normalized spacial score (nSPS) is 14.0. The van der Waals surface area contributed by atoms with Gasteiger partial charge in [-0.15, -0.1) is 11.8 Å².